The zero-order chi connectivity index (χ0) is 23.0. The zero-order valence-corrected chi connectivity index (χ0v) is 18.7. The van der Waals surface area contributed by atoms with Crippen molar-refractivity contribution in [2.75, 3.05) is 26.8 Å². The summed E-state index contributed by atoms with van der Waals surface area (Å²) in [5.41, 5.74) is 3.10. The summed E-state index contributed by atoms with van der Waals surface area (Å²) in [6, 6.07) is 23.9. The molecule has 4 rings (SSSR count). The Morgan fingerprint density at radius 1 is 1.06 bits per heavy atom. The topological polar surface area (TPSA) is 50.8 Å². The van der Waals surface area contributed by atoms with Gasteiger partial charge in [-0.25, -0.2) is 4.39 Å². The molecule has 1 heterocycles. The Balaban J connectivity index is 1.45. The van der Waals surface area contributed by atoms with Gasteiger partial charge in [-0.05, 0) is 47.4 Å². The Labute approximate surface area is 194 Å². The highest BCUT2D eigenvalue weighted by atomic mass is 19.1. The molecule has 2 unspecified atom stereocenters. The van der Waals surface area contributed by atoms with Crippen molar-refractivity contribution >= 4 is 5.91 Å². The van der Waals surface area contributed by atoms with Crippen LogP contribution in [0.3, 0.4) is 0 Å². The van der Waals surface area contributed by atoms with Crippen LogP contribution in [-0.2, 0) is 22.5 Å². The van der Waals surface area contributed by atoms with E-state index >= 15 is 0 Å². The van der Waals surface area contributed by atoms with Crippen LogP contribution >= 0.6 is 0 Å². The zero-order valence-electron chi connectivity index (χ0n) is 18.7. The van der Waals surface area contributed by atoms with E-state index in [-0.39, 0.29) is 17.8 Å². The second-order valence-electron chi connectivity index (χ2n) is 8.25. The molecule has 0 aromatic heterocycles. The highest BCUT2D eigenvalue weighted by molar-refractivity contribution is 5.81. The number of rotatable bonds is 8. The van der Waals surface area contributed by atoms with E-state index in [1.54, 1.807) is 19.2 Å². The standard InChI is InChI=1S/C27H29FN2O3/c1-32-24-13-9-22(10-14-24)25(17-20-7-11-23(28)12-8-20)29-27(31)26-19-30(15-16-33-26)18-21-5-3-2-4-6-21/h2-14,25-26H,15-19H2,1H3,(H,29,31). The van der Waals surface area contributed by atoms with Gasteiger partial charge in [-0.3, -0.25) is 9.69 Å². The molecule has 0 saturated carbocycles. The molecule has 1 amide bonds. The Morgan fingerprint density at radius 2 is 1.79 bits per heavy atom. The van der Waals surface area contributed by atoms with E-state index in [2.05, 4.69) is 22.3 Å². The third kappa shape index (κ3) is 6.40. The number of ether oxygens (including phenoxy) is 2. The molecule has 1 fully saturated rings. The number of methoxy groups -OCH3 is 1. The number of benzene rings is 3. The van der Waals surface area contributed by atoms with Crippen LogP contribution in [0, 0.1) is 5.82 Å². The Hall–Kier alpha value is -3.22. The predicted octanol–water partition coefficient (Wildman–Crippen LogP) is 4.14. The largest absolute Gasteiger partial charge is 0.497 e. The molecular formula is C27H29FN2O3. The number of halogens is 1. The van der Waals surface area contributed by atoms with Crippen molar-refractivity contribution in [1.82, 2.24) is 10.2 Å². The van der Waals surface area contributed by atoms with Gasteiger partial charge in [0.15, 0.2) is 0 Å². The average molecular weight is 449 g/mol. The number of carbonyl (C=O) groups excluding carboxylic acids is 1. The van der Waals surface area contributed by atoms with Crippen molar-refractivity contribution < 1.29 is 18.7 Å². The maximum absolute atomic E-state index is 13.4. The van der Waals surface area contributed by atoms with E-state index in [0.717, 1.165) is 30.0 Å². The minimum Gasteiger partial charge on any atom is -0.497 e. The predicted molar refractivity (Wildman–Crippen MR) is 125 cm³/mol. The van der Waals surface area contributed by atoms with Gasteiger partial charge in [0.1, 0.15) is 17.7 Å². The van der Waals surface area contributed by atoms with Crippen molar-refractivity contribution in [3.63, 3.8) is 0 Å². The molecule has 33 heavy (non-hydrogen) atoms. The quantitative estimate of drug-likeness (QED) is 0.563. The lowest BCUT2D eigenvalue weighted by Gasteiger charge is -2.33. The first kappa shape index (κ1) is 23.0. The van der Waals surface area contributed by atoms with Crippen LogP contribution in [0.4, 0.5) is 4.39 Å². The molecule has 172 valence electrons. The summed E-state index contributed by atoms with van der Waals surface area (Å²) in [7, 11) is 1.62. The van der Waals surface area contributed by atoms with Gasteiger partial charge in [-0.2, -0.15) is 0 Å². The van der Waals surface area contributed by atoms with E-state index in [4.69, 9.17) is 9.47 Å². The summed E-state index contributed by atoms with van der Waals surface area (Å²) in [6.07, 6.45) is -0.00450. The fourth-order valence-corrected chi connectivity index (χ4v) is 4.06. The van der Waals surface area contributed by atoms with Crippen LogP contribution in [0.15, 0.2) is 78.9 Å². The third-order valence-corrected chi connectivity index (χ3v) is 5.88. The Kier molecular flexibility index (Phi) is 7.70. The molecule has 0 radical (unpaired) electrons. The summed E-state index contributed by atoms with van der Waals surface area (Å²) in [6.45, 7) is 2.62. The van der Waals surface area contributed by atoms with Gasteiger partial charge in [0.2, 0.25) is 0 Å². The van der Waals surface area contributed by atoms with E-state index in [1.165, 1.54) is 17.7 Å². The van der Waals surface area contributed by atoms with Gasteiger partial charge >= 0.3 is 0 Å². The molecule has 1 aliphatic rings. The van der Waals surface area contributed by atoms with Crippen molar-refractivity contribution in [3.8, 4) is 5.75 Å². The number of amides is 1. The lowest BCUT2D eigenvalue weighted by molar-refractivity contribution is -0.139. The fraction of sp³-hybridized carbons (Fsp3) is 0.296. The molecule has 6 heteroatoms. The van der Waals surface area contributed by atoms with Crippen LogP contribution < -0.4 is 10.1 Å². The monoisotopic (exact) mass is 448 g/mol. The molecule has 1 saturated heterocycles. The first-order chi connectivity index (χ1) is 16.1. The summed E-state index contributed by atoms with van der Waals surface area (Å²) >= 11 is 0. The molecule has 0 spiro atoms. The van der Waals surface area contributed by atoms with Gasteiger partial charge in [-0.1, -0.05) is 54.6 Å². The van der Waals surface area contributed by atoms with Crippen molar-refractivity contribution in [2.24, 2.45) is 0 Å². The second kappa shape index (κ2) is 11.1. The maximum atomic E-state index is 13.4. The summed E-state index contributed by atoms with van der Waals surface area (Å²) in [4.78, 5) is 15.4. The second-order valence-corrected chi connectivity index (χ2v) is 8.25. The normalized spacial score (nSPS) is 17.3. The summed E-state index contributed by atoms with van der Waals surface area (Å²) in [5.74, 6) is 0.325. The first-order valence-electron chi connectivity index (χ1n) is 11.2. The molecule has 3 aromatic rings. The van der Waals surface area contributed by atoms with E-state index in [1.807, 2.05) is 42.5 Å². The molecular weight excluding hydrogens is 419 g/mol. The Bertz CT molecular complexity index is 1030. The molecule has 3 aromatic carbocycles. The maximum Gasteiger partial charge on any atom is 0.250 e. The minimum atomic E-state index is -0.545. The third-order valence-electron chi connectivity index (χ3n) is 5.88. The fourth-order valence-electron chi connectivity index (χ4n) is 4.06. The van der Waals surface area contributed by atoms with E-state index < -0.39 is 6.10 Å². The van der Waals surface area contributed by atoms with Crippen molar-refractivity contribution in [3.05, 3.63) is 101 Å². The minimum absolute atomic E-state index is 0.143. The van der Waals surface area contributed by atoms with Crippen molar-refractivity contribution in [1.29, 1.82) is 0 Å². The molecule has 2 atom stereocenters. The van der Waals surface area contributed by atoms with E-state index in [0.29, 0.717) is 19.6 Å². The number of hydrogen-bond acceptors (Lipinski definition) is 4. The van der Waals surface area contributed by atoms with Crippen LogP contribution in [0.1, 0.15) is 22.7 Å². The molecule has 1 aliphatic heterocycles. The van der Waals surface area contributed by atoms with Gasteiger partial charge in [0.05, 0.1) is 19.8 Å². The van der Waals surface area contributed by atoms with Gasteiger partial charge < -0.3 is 14.8 Å². The number of nitrogens with one attached hydrogen (secondary N) is 1. The lowest BCUT2D eigenvalue weighted by Crippen LogP contribution is -2.50. The van der Waals surface area contributed by atoms with Crippen molar-refractivity contribution in [2.45, 2.75) is 25.1 Å². The molecule has 5 nitrogen and oxygen atoms in total. The highest BCUT2D eigenvalue weighted by Crippen LogP contribution is 2.22. The SMILES string of the molecule is COc1ccc(C(Cc2ccc(F)cc2)NC(=O)C2CN(Cc3ccccc3)CCO2)cc1. The van der Waals surface area contributed by atoms with Crippen LogP contribution in [-0.4, -0.2) is 43.7 Å². The first-order valence-corrected chi connectivity index (χ1v) is 11.2. The highest BCUT2D eigenvalue weighted by Gasteiger charge is 2.28. The van der Waals surface area contributed by atoms with E-state index in [9.17, 15) is 9.18 Å². The number of morpholine rings is 1. The smallest absolute Gasteiger partial charge is 0.250 e. The Morgan fingerprint density at radius 3 is 2.48 bits per heavy atom. The number of hydrogen-bond donors (Lipinski definition) is 1. The van der Waals surface area contributed by atoms with Gasteiger partial charge in [-0.15, -0.1) is 0 Å². The molecule has 1 N–H and O–H groups in total. The molecule has 0 bridgehead atoms. The van der Waals surface area contributed by atoms with Gasteiger partial charge in [0.25, 0.3) is 5.91 Å². The lowest BCUT2D eigenvalue weighted by atomic mass is 9.98. The van der Waals surface area contributed by atoms with Gasteiger partial charge in [0, 0.05) is 19.6 Å². The number of carbonyl (C=O) groups is 1. The van der Waals surface area contributed by atoms with Crippen LogP contribution in [0.2, 0.25) is 0 Å². The number of nitrogens with zero attached hydrogens (tertiary/aromatic N) is 1. The summed E-state index contributed by atoms with van der Waals surface area (Å²) in [5, 5.41) is 3.16. The average Bonchev–Trinajstić information content (AvgIpc) is 2.86. The van der Waals surface area contributed by atoms with Crippen LogP contribution in [0.25, 0.3) is 0 Å². The molecule has 0 aliphatic carbocycles. The van der Waals surface area contributed by atoms with Crippen LogP contribution in [0.5, 0.6) is 5.75 Å². The summed E-state index contributed by atoms with van der Waals surface area (Å²) < 4.78 is 24.5.